The van der Waals surface area contributed by atoms with Crippen LogP contribution in [0.5, 0.6) is 0 Å². The molecule has 0 radical (unpaired) electrons. The van der Waals surface area contributed by atoms with Crippen LogP contribution in [-0.4, -0.2) is 9.36 Å². The highest BCUT2D eigenvalue weighted by atomic mass is 79.9. The van der Waals surface area contributed by atoms with E-state index in [0.717, 1.165) is 22.3 Å². The molecule has 5 heteroatoms. The predicted molar refractivity (Wildman–Crippen MR) is 86.1 cm³/mol. The molecule has 0 aliphatic carbocycles. The molecular weight excluding hydrogens is 318 g/mol. The monoisotopic (exact) mass is 337 g/mol. The summed E-state index contributed by atoms with van der Waals surface area (Å²) in [5.74, 6) is 0.225. The minimum Gasteiger partial charge on any atom is -0.393 e. The van der Waals surface area contributed by atoms with Gasteiger partial charge < -0.3 is 5.73 Å². The summed E-state index contributed by atoms with van der Waals surface area (Å²) in [4.78, 5) is 12.4. The molecule has 0 atom stereocenters. The zero-order chi connectivity index (χ0) is 14.9. The van der Waals surface area contributed by atoms with E-state index in [1.807, 2.05) is 35.9 Å². The van der Waals surface area contributed by atoms with Crippen LogP contribution in [0.3, 0.4) is 0 Å². The molecule has 0 bridgehead atoms. The van der Waals surface area contributed by atoms with E-state index >= 15 is 0 Å². The van der Waals surface area contributed by atoms with E-state index in [9.17, 15) is 4.79 Å². The summed E-state index contributed by atoms with van der Waals surface area (Å²) in [7, 11) is 0. The molecule has 0 saturated heterocycles. The maximum absolute atomic E-state index is 12.4. The van der Waals surface area contributed by atoms with Gasteiger partial charge in [-0.05, 0) is 24.5 Å². The van der Waals surface area contributed by atoms with Gasteiger partial charge in [-0.1, -0.05) is 48.0 Å². The summed E-state index contributed by atoms with van der Waals surface area (Å²) in [6, 6.07) is 7.92. The number of nitrogen functional groups attached to an aromatic ring is 1. The number of benzene rings is 1. The first-order valence-corrected chi connectivity index (χ1v) is 7.59. The van der Waals surface area contributed by atoms with Crippen LogP contribution in [0.1, 0.15) is 37.9 Å². The van der Waals surface area contributed by atoms with Crippen molar-refractivity contribution in [2.24, 2.45) is 0 Å². The first-order valence-electron chi connectivity index (χ1n) is 6.79. The number of aromatic nitrogens is 2. The quantitative estimate of drug-likeness (QED) is 0.931. The molecule has 1 heterocycles. The lowest BCUT2D eigenvalue weighted by Crippen LogP contribution is -2.24. The minimum atomic E-state index is -0.105. The maximum Gasteiger partial charge on any atom is 0.290 e. The lowest BCUT2D eigenvalue weighted by molar-refractivity contribution is 0.464. The van der Waals surface area contributed by atoms with E-state index in [0.29, 0.717) is 12.2 Å². The second-order valence-corrected chi connectivity index (χ2v) is 5.98. The van der Waals surface area contributed by atoms with Gasteiger partial charge in [0.15, 0.2) is 0 Å². The third-order valence-corrected chi connectivity index (χ3v) is 4.21. The Kier molecular flexibility index (Phi) is 4.38. The van der Waals surface area contributed by atoms with Gasteiger partial charge in [0.2, 0.25) is 0 Å². The number of nitrogens with two attached hydrogens (primary N) is 1. The molecule has 1 aromatic carbocycles. The summed E-state index contributed by atoms with van der Waals surface area (Å²) in [5.41, 5.74) is 8.26. The first-order chi connectivity index (χ1) is 9.47. The normalized spacial score (nSPS) is 11.2. The van der Waals surface area contributed by atoms with Crippen LogP contribution in [0.2, 0.25) is 0 Å². The van der Waals surface area contributed by atoms with Crippen LogP contribution in [0.4, 0.5) is 5.69 Å². The fourth-order valence-corrected chi connectivity index (χ4v) is 2.93. The lowest BCUT2D eigenvalue weighted by Gasteiger charge is -2.15. The summed E-state index contributed by atoms with van der Waals surface area (Å²) in [5, 5.41) is 0. The largest absolute Gasteiger partial charge is 0.393 e. The van der Waals surface area contributed by atoms with Crippen LogP contribution < -0.4 is 11.3 Å². The van der Waals surface area contributed by atoms with Gasteiger partial charge in [-0.25, -0.2) is 4.68 Å². The molecule has 2 aromatic rings. The van der Waals surface area contributed by atoms with Crippen molar-refractivity contribution < 1.29 is 0 Å². The number of halogens is 1. The van der Waals surface area contributed by atoms with Gasteiger partial charge in [-0.3, -0.25) is 9.48 Å². The van der Waals surface area contributed by atoms with Crippen molar-refractivity contribution in [3.63, 3.8) is 0 Å². The van der Waals surface area contributed by atoms with Gasteiger partial charge in [0.25, 0.3) is 5.56 Å². The van der Waals surface area contributed by atoms with Gasteiger partial charge >= 0.3 is 0 Å². The van der Waals surface area contributed by atoms with Gasteiger partial charge in [0.05, 0.1) is 12.2 Å². The fraction of sp³-hybridized carbons (Fsp3) is 0.400. The Morgan fingerprint density at radius 1 is 1.25 bits per heavy atom. The molecule has 0 fully saturated rings. The molecule has 0 amide bonds. The van der Waals surface area contributed by atoms with Crippen molar-refractivity contribution in [1.82, 2.24) is 9.36 Å². The molecule has 0 aliphatic heterocycles. The zero-order valence-electron chi connectivity index (χ0n) is 12.1. The maximum atomic E-state index is 12.4. The SMILES string of the molecule is CCn1c(C(C)C)c(N)c(=O)n1Cc1ccccc1Br. The number of anilines is 1. The van der Waals surface area contributed by atoms with E-state index in [2.05, 4.69) is 29.8 Å². The Hall–Kier alpha value is -1.49. The van der Waals surface area contributed by atoms with Crippen LogP contribution in [0, 0.1) is 0 Å². The van der Waals surface area contributed by atoms with E-state index < -0.39 is 0 Å². The van der Waals surface area contributed by atoms with Crippen molar-refractivity contribution in [1.29, 1.82) is 0 Å². The Balaban J connectivity index is 2.55. The Morgan fingerprint density at radius 2 is 1.90 bits per heavy atom. The third-order valence-electron chi connectivity index (χ3n) is 3.43. The van der Waals surface area contributed by atoms with Gasteiger partial charge in [-0.15, -0.1) is 0 Å². The third kappa shape index (κ3) is 2.54. The Labute approximate surface area is 127 Å². The topological polar surface area (TPSA) is 52.9 Å². The summed E-state index contributed by atoms with van der Waals surface area (Å²) in [6.07, 6.45) is 0. The molecule has 4 nitrogen and oxygen atoms in total. The van der Waals surface area contributed by atoms with Crippen molar-refractivity contribution in [3.8, 4) is 0 Å². The number of nitrogens with zero attached hydrogens (tertiary/aromatic N) is 2. The van der Waals surface area contributed by atoms with E-state index in [1.165, 1.54) is 0 Å². The molecule has 2 rings (SSSR count). The molecule has 0 aliphatic rings. The number of hydrogen-bond donors (Lipinski definition) is 1. The fourth-order valence-electron chi connectivity index (χ4n) is 2.52. The van der Waals surface area contributed by atoms with Crippen LogP contribution in [-0.2, 0) is 13.1 Å². The molecule has 0 saturated carbocycles. The average molecular weight is 338 g/mol. The van der Waals surface area contributed by atoms with Crippen molar-refractivity contribution in [3.05, 3.63) is 50.3 Å². The number of hydrogen-bond acceptors (Lipinski definition) is 2. The molecule has 2 N–H and O–H groups in total. The second kappa shape index (κ2) is 5.87. The van der Waals surface area contributed by atoms with Crippen molar-refractivity contribution >= 4 is 21.6 Å². The highest BCUT2D eigenvalue weighted by molar-refractivity contribution is 9.10. The predicted octanol–water partition coefficient (Wildman–Crippen LogP) is 3.19. The Bertz CT molecular complexity index is 670. The van der Waals surface area contributed by atoms with E-state index in [-0.39, 0.29) is 11.5 Å². The summed E-state index contributed by atoms with van der Waals surface area (Å²) < 4.78 is 4.72. The summed E-state index contributed by atoms with van der Waals surface area (Å²) in [6.45, 7) is 7.39. The lowest BCUT2D eigenvalue weighted by atomic mass is 10.1. The number of rotatable bonds is 4. The first kappa shape index (κ1) is 14.9. The van der Waals surface area contributed by atoms with E-state index in [4.69, 9.17) is 5.73 Å². The van der Waals surface area contributed by atoms with E-state index in [1.54, 1.807) is 4.68 Å². The average Bonchev–Trinajstić information content (AvgIpc) is 2.65. The van der Waals surface area contributed by atoms with Gasteiger partial charge in [-0.2, -0.15) is 0 Å². The second-order valence-electron chi connectivity index (χ2n) is 5.12. The Morgan fingerprint density at radius 3 is 2.45 bits per heavy atom. The highest BCUT2D eigenvalue weighted by Gasteiger charge is 2.19. The minimum absolute atomic E-state index is 0.105. The molecule has 1 aromatic heterocycles. The molecule has 0 spiro atoms. The molecule has 108 valence electrons. The summed E-state index contributed by atoms with van der Waals surface area (Å²) >= 11 is 3.52. The van der Waals surface area contributed by atoms with Crippen molar-refractivity contribution in [2.45, 2.75) is 39.8 Å². The van der Waals surface area contributed by atoms with Crippen LogP contribution >= 0.6 is 15.9 Å². The van der Waals surface area contributed by atoms with Crippen molar-refractivity contribution in [2.75, 3.05) is 5.73 Å². The molecule has 0 unspecified atom stereocenters. The molecular formula is C15H20BrN3O. The molecule has 20 heavy (non-hydrogen) atoms. The van der Waals surface area contributed by atoms with Crippen LogP contribution in [0.25, 0.3) is 0 Å². The zero-order valence-corrected chi connectivity index (χ0v) is 13.6. The smallest absolute Gasteiger partial charge is 0.290 e. The highest BCUT2D eigenvalue weighted by Crippen LogP contribution is 2.22. The van der Waals surface area contributed by atoms with Crippen LogP contribution in [0.15, 0.2) is 33.5 Å². The van der Waals surface area contributed by atoms with Gasteiger partial charge in [0.1, 0.15) is 5.69 Å². The van der Waals surface area contributed by atoms with Gasteiger partial charge in [0, 0.05) is 11.0 Å². The standard InChI is InChI=1S/C15H20BrN3O/c1-4-18-14(10(2)3)13(17)15(20)19(18)9-11-7-5-6-8-12(11)16/h5-8,10H,4,9,17H2,1-3H3.